The Labute approximate surface area is 383 Å². The summed E-state index contributed by atoms with van der Waals surface area (Å²) in [6, 6.07) is 19.5. The molecule has 16 nitrogen and oxygen atoms in total. The van der Waals surface area contributed by atoms with Gasteiger partial charge in [-0.15, -0.1) is 5.10 Å². The second kappa shape index (κ2) is 20.4. The van der Waals surface area contributed by atoms with Gasteiger partial charge in [-0.05, 0) is 83.2 Å². The van der Waals surface area contributed by atoms with Crippen molar-refractivity contribution in [3.63, 3.8) is 0 Å². The smallest absolute Gasteiger partial charge is 0.324 e. The molecular formula is C45H30F8N11O5+. The molecule has 0 saturated carbocycles. The van der Waals surface area contributed by atoms with Gasteiger partial charge in [0.15, 0.2) is 34.9 Å². The van der Waals surface area contributed by atoms with Gasteiger partial charge in [-0.25, -0.2) is 31.9 Å². The lowest BCUT2D eigenvalue weighted by Crippen LogP contribution is -2.48. The number of benzene rings is 4. The van der Waals surface area contributed by atoms with Gasteiger partial charge in [-0.1, -0.05) is 24.3 Å². The minimum atomic E-state index is -4.30. The van der Waals surface area contributed by atoms with Crippen molar-refractivity contribution >= 4 is 17.2 Å². The third-order valence-electron chi connectivity index (χ3n) is 9.91. The summed E-state index contributed by atoms with van der Waals surface area (Å²) in [7, 11) is 0. The number of nitrogens with zero attached hydrogens (tertiary/aromatic N) is 10. The number of halogens is 8. The number of tetrazole rings is 1. The predicted molar refractivity (Wildman–Crippen MR) is 222 cm³/mol. The fraction of sp³-hybridized carbons (Fsp3) is 0.156. The third-order valence-corrected chi connectivity index (χ3v) is 9.91. The van der Waals surface area contributed by atoms with E-state index in [2.05, 4.69) is 45.2 Å². The van der Waals surface area contributed by atoms with Gasteiger partial charge in [-0.3, -0.25) is 14.8 Å². The number of aromatic nitrogens is 6. The molecular weight excluding hydrogens is 927 g/mol. The molecule has 0 radical (unpaired) electrons. The van der Waals surface area contributed by atoms with E-state index in [1.54, 1.807) is 0 Å². The number of ketones is 1. The molecule has 0 saturated heterocycles. The molecule has 3 aromatic heterocycles. The van der Waals surface area contributed by atoms with Crippen LogP contribution in [0.2, 0.25) is 0 Å². The normalized spacial score (nSPS) is 12.9. The first-order chi connectivity index (χ1) is 32.8. The molecule has 2 unspecified atom stereocenters. The average Bonchev–Trinajstić information content (AvgIpc) is 3.80. The summed E-state index contributed by atoms with van der Waals surface area (Å²) < 4.78 is 130. The van der Waals surface area contributed by atoms with E-state index in [-0.39, 0.29) is 11.5 Å². The van der Waals surface area contributed by atoms with E-state index in [0.29, 0.717) is 64.0 Å². The van der Waals surface area contributed by atoms with Crippen LogP contribution in [0.15, 0.2) is 127 Å². The Hall–Kier alpha value is -8.83. The van der Waals surface area contributed by atoms with Crippen LogP contribution in [-0.4, -0.2) is 52.7 Å². The second-order valence-electron chi connectivity index (χ2n) is 14.4. The molecule has 0 bridgehead atoms. The van der Waals surface area contributed by atoms with Crippen LogP contribution in [0.4, 0.5) is 46.5 Å². The Morgan fingerprint density at radius 3 is 1.51 bits per heavy atom. The van der Waals surface area contributed by atoms with Gasteiger partial charge in [0.1, 0.15) is 68.3 Å². The lowest BCUT2D eigenvalue weighted by Gasteiger charge is -2.36. The van der Waals surface area contributed by atoms with E-state index in [4.69, 9.17) is 28.1 Å². The fourth-order valence-corrected chi connectivity index (χ4v) is 6.40. The highest BCUT2D eigenvalue weighted by molar-refractivity contribution is 5.90. The maximum Gasteiger partial charge on any atom is 0.324 e. The third kappa shape index (κ3) is 10.6. The maximum atomic E-state index is 15.9. The van der Waals surface area contributed by atoms with Crippen molar-refractivity contribution in [2.24, 2.45) is 5.11 Å². The van der Waals surface area contributed by atoms with E-state index >= 15 is 17.6 Å². The maximum absolute atomic E-state index is 15.9. The molecule has 0 aliphatic carbocycles. The molecule has 69 heavy (non-hydrogen) atoms. The topological polar surface area (TPSA) is 204 Å². The number of hydrogen-bond acceptors (Lipinski definition) is 12. The molecule has 0 aliphatic rings. The monoisotopic (exact) mass is 956 g/mol. The van der Waals surface area contributed by atoms with Gasteiger partial charge in [0.05, 0.1) is 32.1 Å². The summed E-state index contributed by atoms with van der Waals surface area (Å²) in [4.78, 5) is 28.2. The lowest BCUT2D eigenvalue weighted by molar-refractivity contribution is -0.208. The van der Waals surface area contributed by atoms with E-state index in [1.165, 1.54) is 48.5 Å². The van der Waals surface area contributed by atoms with Crippen molar-refractivity contribution in [3.8, 4) is 23.0 Å². The molecule has 0 amide bonds. The molecule has 0 aliphatic heterocycles. The highest BCUT2D eigenvalue weighted by atomic mass is 19.3. The Morgan fingerprint density at radius 1 is 0.681 bits per heavy atom. The number of pyridine rings is 2. The summed E-state index contributed by atoms with van der Waals surface area (Å²) >= 11 is 0. The number of rotatable bonds is 15. The van der Waals surface area contributed by atoms with Crippen molar-refractivity contribution in [1.29, 1.82) is 5.53 Å². The van der Waals surface area contributed by atoms with Crippen molar-refractivity contribution in [2.45, 2.75) is 36.5 Å². The van der Waals surface area contributed by atoms with Crippen molar-refractivity contribution in [2.75, 3.05) is 6.54 Å². The van der Waals surface area contributed by atoms with Gasteiger partial charge < -0.3 is 19.7 Å². The van der Waals surface area contributed by atoms with E-state index in [0.717, 1.165) is 43.6 Å². The van der Waals surface area contributed by atoms with E-state index < -0.39 is 93.5 Å². The standard InChI is InChI=1S/C24H16F4N6O3.C21H14F4N5O2/c1-14(35)22-31-32-33-34(22)13-23(36,19-9-3-15(25)11-20(19)26)24(27,28)21-10-8-18(12-30-21)37-17-6-4-16(29-2)5-7-17;1-27-14-3-5-15(6-4-14)32-16-7-9-19(28-11-16)21(24,25)20(31,12-29-30-26)17-8-2-13(22)10-18(17)23/h3-12,36H,13H2,1H3;2-11,26,31H,12H2/q;+1. The summed E-state index contributed by atoms with van der Waals surface area (Å²) in [6.45, 7) is 12.6. The number of hydrogen-bond donors (Lipinski definition) is 3. The molecule has 0 spiro atoms. The molecule has 3 N–H and O–H groups in total. The molecule has 4 aromatic carbocycles. The Bertz CT molecular complexity index is 3110. The number of ether oxygens (including phenoxy) is 2. The van der Waals surface area contributed by atoms with Crippen LogP contribution in [0, 0.1) is 41.9 Å². The van der Waals surface area contributed by atoms with Gasteiger partial charge in [0, 0.05) is 30.2 Å². The number of alkyl halides is 4. The highest BCUT2D eigenvalue weighted by Crippen LogP contribution is 2.48. The van der Waals surface area contributed by atoms with Gasteiger partial charge in [0.2, 0.25) is 10.7 Å². The highest BCUT2D eigenvalue weighted by Gasteiger charge is 2.59. The van der Waals surface area contributed by atoms with E-state index in [1.807, 2.05) is 0 Å². The predicted octanol–water partition coefficient (Wildman–Crippen LogP) is 9.80. The number of nitrogens with one attached hydrogen (secondary N) is 1. The summed E-state index contributed by atoms with van der Waals surface area (Å²) in [5, 5.41) is 35.4. The molecule has 350 valence electrons. The first-order valence-electron chi connectivity index (χ1n) is 19.4. The van der Waals surface area contributed by atoms with Crippen LogP contribution in [0.5, 0.6) is 23.0 Å². The van der Waals surface area contributed by atoms with Crippen LogP contribution < -0.4 is 14.4 Å². The largest absolute Gasteiger partial charge is 0.456 e. The summed E-state index contributed by atoms with van der Waals surface area (Å²) in [5.74, 6) is -13.8. The van der Waals surface area contributed by atoms with Crippen LogP contribution in [0.1, 0.15) is 40.1 Å². The molecule has 24 heteroatoms. The molecule has 7 rings (SSSR count). The van der Waals surface area contributed by atoms with Crippen molar-refractivity contribution < 1.29 is 59.6 Å². The van der Waals surface area contributed by atoms with Gasteiger partial charge in [0.25, 0.3) is 0 Å². The SMILES string of the molecule is [C-]#[N+]c1ccc(Oc2ccc(C(F)(F)C(O)(CN=[N+]=N)c3ccc(F)cc3F)nc2)cc1.[C-]#[N+]c1ccc(Oc2ccc(C(F)(F)C(O)(Cn3nnnc3C(C)=O)c3ccc(F)cc3F)nc2)cc1. The quantitative estimate of drug-likeness (QED) is 0.0292. The van der Waals surface area contributed by atoms with Crippen molar-refractivity contribution in [1.82, 2.24) is 35.1 Å². The second-order valence-corrected chi connectivity index (χ2v) is 14.4. The van der Waals surface area contributed by atoms with Crippen LogP contribution in [0.25, 0.3) is 9.69 Å². The zero-order valence-electron chi connectivity index (χ0n) is 35.1. The minimum absolute atomic E-state index is 0.0611. The first-order valence-corrected chi connectivity index (χ1v) is 19.4. The van der Waals surface area contributed by atoms with Crippen LogP contribution in [0.3, 0.4) is 0 Å². The lowest BCUT2D eigenvalue weighted by atomic mass is 9.84. The van der Waals surface area contributed by atoms with Gasteiger partial charge >= 0.3 is 11.8 Å². The zero-order chi connectivity index (χ0) is 50.1. The summed E-state index contributed by atoms with van der Waals surface area (Å²) in [5.41, 5.74) is -3.06. The number of carbonyl (C=O) groups excluding carboxylic acids is 1. The van der Waals surface area contributed by atoms with Crippen LogP contribution in [-0.2, 0) is 29.6 Å². The van der Waals surface area contributed by atoms with Crippen molar-refractivity contribution in [3.05, 3.63) is 196 Å². The fourth-order valence-electron chi connectivity index (χ4n) is 6.40. The van der Waals surface area contributed by atoms with Gasteiger partial charge in [-0.2, -0.15) is 17.6 Å². The molecule has 3 heterocycles. The van der Waals surface area contributed by atoms with E-state index in [9.17, 15) is 32.6 Å². The number of carbonyl (C=O) groups is 1. The number of aliphatic hydroxyl groups is 2. The molecule has 2 atom stereocenters. The minimum Gasteiger partial charge on any atom is -0.456 e. The molecule has 7 aromatic rings. The number of Topliss-reactive ketones (excluding diaryl/α,β-unsaturated/α-hetero) is 1. The first kappa shape index (κ1) is 49.6. The zero-order valence-corrected chi connectivity index (χ0v) is 35.1. The average molecular weight is 957 g/mol. The van der Waals surface area contributed by atoms with Crippen LogP contribution >= 0.6 is 0 Å². The Morgan fingerprint density at radius 2 is 1.12 bits per heavy atom. The Kier molecular flexibility index (Phi) is 14.6. The molecule has 0 fully saturated rings. The summed E-state index contributed by atoms with van der Waals surface area (Å²) in [6.07, 6.45) is 1.94. The Balaban J connectivity index is 0.000000229.